The first-order valence-electron chi connectivity index (χ1n) is 5.96. The van der Waals surface area contributed by atoms with Gasteiger partial charge in [-0.3, -0.25) is 4.68 Å². The van der Waals surface area contributed by atoms with Crippen LogP contribution in [0.1, 0.15) is 31.1 Å². The smallest absolute Gasteiger partial charge is 0.0821 e. The van der Waals surface area contributed by atoms with Crippen LogP contribution in [-0.4, -0.2) is 14.3 Å². The third-order valence-electron chi connectivity index (χ3n) is 2.99. The molecule has 2 rings (SSSR count). The minimum absolute atomic E-state index is 0.111. The lowest BCUT2D eigenvalue weighted by Gasteiger charge is -2.13. The molecule has 0 spiro atoms. The van der Waals surface area contributed by atoms with E-state index in [9.17, 15) is 0 Å². The van der Waals surface area contributed by atoms with Gasteiger partial charge in [-0.15, -0.1) is 0 Å². The third kappa shape index (κ3) is 2.77. The van der Waals surface area contributed by atoms with E-state index >= 15 is 0 Å². The lowest BCUT2D eigenvalue weighted by atomic mass is 10.00. The molecule has 17 heavy (non-hydrogen) atoms. The summed E-state index contributed by atoms with van der Waals surface area (Å²) in [5.41, 5.74) is 8.37. The van der Waals surface area contributed by atoms with Gasteiger partial charge >= 0.3 is 0 Å². The summed E-state index contributed by atoms with van der Waals surface area (Å²) in [7, 11) is 1.93. The van der Waals surface area contributed by atoms with E-state index in [1.54, 1.807) is 0 Å². The van der Waals surface area contributed by atoms with Gasteiger partial charge in [0.15, 0.2) is 0 Å². The Balaban J connectivity index is 2.08. The first-order chi connectivity index (χ1) is 8.06. The molecule has 2 heterocycles. The fraction of sp³-hybridized carbons (Fsp3) is 0.462. The second-order valence-electron chi connectivity index (χ2n) is 4.87. The van der Waals surface area contributed by atoms with Crippen molar-refractivity contribution in [3.63, 3.8) is 0 Å². The average molecular weight is 232 g/mol. The molecule has 4 nitrogen and oxygen atoms in total. The van der Waals surface area contributed by atoms with Gasteiger partial charge in [0.05, 0.1) is 12.2 Å². The molecule has 2 aromatic heterocycles. The SMILES string of the molecule is CC(C)C(N)c1ccn(Cc2ccn(C)n2)c1. The minimum Gasteiger partial charge on any atom is -0.348 e. The fourth-order valence-corrected chi connectivity index (χ4v) is 1.87. The number of aryl methyl sites for hydroxylation is 1. The number of nitrogens with two attached hydrogens (primary N) is 1. The Kier molecular flexibility index (Phi) is 3.33. The molecular weight excluding hydrogens is 212 g/mol. The second-order valence-corrected chi connectivity index (χ2v) is 4.87. The number of hydrogen-bond acceptors (Lipinski definition) is 2. The van der Waals surface area contributed by atoms with E-state index in [0.717, 1.165) is 12.2 Å². The van der Waals surface area contributed by atoms with Crippen molar-refractivity contribution in [3.05, 3.63) is 42.0 Å². The predicted octanol–water partition coefficient (Wildman–Crippen LogP) is 1.93. The maximum absolute atomic E-state index is 6.12. The van der Waals surface area contributed by atoms with Crippen LogP contribution < -0.4 is 5.73 Å². The molecule has 1 unspecified atom stereocenters. The van der Waals surface area contributed by atoms with E-state index in [1.165, 1.54) is 5.56 Å². The van der Waals surface area contributed by atoms with Crippen molar-refractivity contribution in [1.29, 1.82) is 0 Å². The fourth-order valence-electron chi connectivity index (χ4n) is 1.87. The van der Waals surface area contributed by atoms with Crippen LogP contribution in [0.5, 0.6) is 0 Å². The Morgan fingerprint density at radius 1 is 1.29 bits per heavy atom. The highest BCUT2D eigenvalue weighted by Gasteiger charge is 2.11. The summed E-state index contributed by atoms with van der Waals surface area (Å²) < 4.78 is 3.94. The predicted molar refractivity (Wildman–Crippen MR) is 68.5 cm³/mol. The van der Waals surface area contributed by atoms with Crippen molar-refractivity contribution in [2.45, 2.75) is 26.4 Å². The second kappa shape index (κ2) is 4.75. The van der Waals surface area contributed by atoms with Crippen LogP contribution in [-0.2, 0) is 13.6 Å². The van der Waals surface area contributed by atoms with Gasteiger partial charge in [-0.1, -0.05) is 13.8 Å². The molecular formula is C13H20N4. The van der Waals surface area contributed by atoms with Crippen LogP contribution in [0.4, 0.5) is 0 Å². The van der Waals surface area contributed by atoms with Crippen molar-refractivity contribution >= 4 is 0 Å². The Hall–Kier alpha value is -1.55. The highest BCUT2D eigenvalue weighted by molar-refractivity contribution is 5.16. The number of aromatic nitrogens is 3. The topological polar surface area (TPSA) is 48.8 Å². The van der Waals surface area contributed by atoms with Gasteiger partial charge in [0, 0.05) is 31.7 Å². The standard InChI is InChI=1S/C13H20N4/c1-10(2)13(14)11-4-7-17(8-11)9-12-5-6-16(3)15-12/h4-8,10,13H,9,14H2,1-3H3. The summed E-state index contributed by atoms with van der Waals surface area (Å²) in [4.78, 5) is 0. The van der Waals surface area contributed by atoms with Gasteiger partial charge in [-0.25, -0.2) is 0 Å². The molecule has 0 aliphatic carbocycles. The van der Waals surface area contributed by atoms with Crippen molar-refractivity contribution < 1.29 is 0 Å². The molecule has 0 fully saturated rings. The molecule has 0 radical (unpaired) electrons. The van der Waals surface area contributed by atoms with Crippen LogP contribution >= 0.6 is 0 Å². The maximum Gasteiger partial charge on any atom is 0.0821 e. The number of hydrogen-bond donors (Lipinski definition) is 1. The first kappa shape index (κ1) is 11.9. The Morgan fingerprint density at radius 2 is 2.06 bits per heavy atom. The Labute approximate surface area is 102 Å². The molecule has 1 atom stereocenters. The molecule has 0 aliphatic heterocycles. The van der Waals surface area contributed by atoms with Gasteiger partial charge < -0.3 is 10.3 Å². The lowest BCUT2D eigenvalue weighted by Crippen LogP contribution is -2.15. The van der Waals surface area contributed by atoms with Gasteiger partial charge in [0.25, 0.3) is 0 Å². The minimum atomic E-state index is 0.111. The van der Waals surface area contributed by atoms with Gasteiger partial charge in [-0.2, -0.15) is 5.10 Å². The molecule has 2 N–H and O–H groups in total. The Morgan fingerprint density at radius 3 is 2.65 bits per heavy atom. The number of nitrogens with zero attached hydrogens (tertiary/aromatic N) is 3. The van der Waals surface area contributed by atoms with Gasteiger partial charge in [-0.05, 0) is 23.6 Å². The zero-order valence-electron chi connectivity index (χ0n) is 10.7. The molecule has 0 aromatic carbocycles. The summed E-state index contributed by atoms with van der Waals surface area (Å²) >= 11 is 0. The quantitative estimate of drug-likeness (QED) is 0.875. The largest absolute Gasteiger partial charge is 0.348 e. The highest BCUT2D eigenvalue weighted by atomic mass is 15.3. The normalized spacial score (nSPS) is 13.2. The summed E-state index contributed by atoms with van der Waals surface area (Å²) in [6.45, 7) is 5.08. The lowest BCUT2D eigenvalue weighted by molar-refractivity contribution is 0.513. The van der Waals surface area contributed by atoms with E-state index in [1.807, 2.05) is 24.0 Å². The monoisotopic (exact) mass is 232 g/mol. The molecule has 4 heteroatoms. The average Bonchev–Trinajstić information content (AvgIpc) is 2.87. The zero-order chi connectivity index (χ0) is 12.4. The molecule has 0 saturated carbocycles. The Bertz CT molecular complexity index is 481. The molecule has 0 bridgehead atoms. The van der Waals surface area contributed by atoms with E-state index in [4.69, 9.17) is 5.73 Å². The molecule has 0 saturated heterocycles. The van der Waals surface area contributed by atoms with Gasteiger partial charge in [0.2, 0.25) is 0 Å². The van der Waals surface area contributed by atoms with Crippen LogP contribution in [0.2, 0.25) is 0 Å². The molecule has 92 valence electrons. The molecule has 0 aliphatic rings. The molecule has 0 amide bonds. The van der Waals surface area contributed by atoms with Crippen LogP contribution in [0.15, 0.2) is 30.7 Å². The maximum atomic E-state index is 6.12. The van der Waals surface area contributed by atoms with Crippen LogP contribution in [0.25, 0.3) is 0 Å². The van der Waals surface area contributed by atoms with Crippen LogP contribution in [0, 0.1) is 5.92 Å². The third-order valence-corrected chi connectivity index (χ3v) is 2.99. The van der Waals surface area contributed by atoms with Gasteiger partial charge in [0.1, 0.15) is 0 Å². The highest BCUT2D eigenvalue weighted by Crippen LogP contribution is 2.19. The van der Waals surface area contributed by atoms with E-state index in [-0.39, 0.29) is 6.04 Å². The first-order valence-corrected chi connectivity index (χ1v) is 5.96. The molecule has 2 aromatic rings. The van der Waals surface area contributed by atoms with Crippen molar-refractivity contribution in [2.24, 2.45) is 18.7 Å². The number of rotatable bonds is 4. The van der Waals surface area contributed by atoms with Crippen molar-refractivity contribution in [2.75, 3.05) is 0 Å². The van der Waals surface area contributed by atoms with E-state index < -0.39 is 0 Å². The summed E-state index contributed by atoms with van der Waals surface area (Å²) in [5.74, 6) is 0.459. The van der Waals surface area contributed by atoms with Crippen molar-refractivity contribution in [1.82, 2.24) is 14.3 Å². The zero-order valence-corrected chi connectivity index (χ0v) is 10.7. The van der Waals surface area contributed by atoms with E-state index in [2.05, 4.69) is 42.0 Å². The summed E-state index contributed by atoms with van der Waals surface area (Å²) in [5, 5.41) is 4.36. The van der Waals surface area contributed by atoms with Crippen LogP contribution in [0.3, 0.4) is 0 Å². The summed E-state index contributed by atoms with van der Waals surface area (Å²) in [6, 6.07) is 4.23. The van der Waals surface area contributed by atoms with Crippen molar-refractivity contribution in [3.8, 4) is 0 Å². The summed E-state index contributed by atoms with van der Waals surface area (Å²) in [6.07, 6.45) is 6.13. The van der Waals surface area contributed by atoms with E-state index in [0.29, 0.717) is 5.92 Å².